The number of esters is 1. The van der Waals surface area contributed by atoms with Crippen LogP contribution in [0.4, 0.5) is 5.69 Å². The van der Waals surface area contributed by atoms with Gasteiger partial charge >= 0.3 is 5.97 Å². The van der Waals surface area contributed by atoms with E-state index in [0.29, 0.717) is 11.6 Å². The molecular weight excluding hydrogens is 250 g/mol. The van der Waals surface area contributed by atoms with Crippen LogP contribution in [-0.2, 0) is 9.53 Å². The van der Waals surface area contributed by atoms with Gasteiger partial charge in [0.05, 0.1) is 12.2 Å². The summed E-state index contributed by atoms with van der Waals surface area (Å²) in [5, 5.41) is 0.713. The number of hydrogen-bond acceptors (Lipinski definition) is 3. The molecule has 0 aromatic heterocycles. The van der Waals surface area contributed by atoms with Gasteiger partial charge in [-0.1, -0.05) is 11.6 Å². The summed E-state index contributed by atoms with van der Waals surface area (Å²) >= 11 is 5.87. The fourth-order valence-corrected chi connectivity index (χ4v) is 2.27. The molecule has 0 saturated carbocycles. The van der Waals surface area contributed by atoms with Gasteiger partial charge in [0.2, 0.25) is 0 Å². The number of carbonyl (C=O) groups excluding carboxylic acids is 1. The molecule has 0 atom stereocenters. The van der Waals surface area contributed by atoms with Crippen molar-refractivity contribution in [1.82, 2.24) is 0 Å². The lowest BCUT2D eigenvalue weighted by Crippen LogP contribution is -2.16. The minimum atomic E-state index is -0.202. The lowest BCUT2D eigenvalue weighted by atomic mass is 10.2. The predicted octanol–water partition coefficient (Wildman–Crippen LogP) is 3.39. The van der Waals surface area contributed by atoms with E-state index in [4.69, 9.17) is 16.3 Å². The Labute approximate surface area is 112 Å². The molecule has 3 nitrogen and oxygen atoms in total. The van der Waals surface area contributed by atoms with Crippen LogP contribution in [0, 0.1) is 0 Å². The highest BCUT2D eigenvalue weighted by Gasteiger charge is 2.25. The van der Waals surface area contributed by atoms with Gasteiger partial charge < -0.3 is 9.64 Å². The zero-order chi connectivity index (χ0) is 13.1. The Kier molecular flexibility index (Phi) is 3.92. The van der Waals surface area contributed by atoms with Crippen molar-refractivity contribution in [2.45, 2.75) is 20.3 Å². The first-order chi connectivity index (χ1) is 8.63. The maximum absolute atomic E-state index is 11.8. The van der Waals surface area contributed by atoms with Crippen molar-refractivity contribution in [2.24, 2.45) is 0 Å². The summed E-state index contributed by atoms with van der Waals surface area (Å²) in [4.78, 5) is 13.9. The second kappa shape index (κ2) is 5.44. The van der Waals surface area contributed by atoms with Gasteiger partial charge in [0, 0.05) is 23.0 Å². The molecule has 0 aliphatic carbocycles. The van der Waals surface area contributed by atoms with Crippen LogP contribution in [0.1, 0.15) is 20.3 Å². The SMILES string of the molecule is CCOC(=O)C1=C(C)N(c2ccc(Cl)cc2)CC1. The number of carbonyl (C=O) groups is 1. The molecule has 0 radical (unpaired) electrons. The zero-order valence-corrected chi connectivity index (χ0v) is 11.3. The van der Waals surface area contributed by atoms with Crippen molar-refractivity contribution in [1.29, 1.82) is 0 Å². The first-order valence-corrected chi connectivity index (χ1v) is 6.41. The van der Waals surface area contributed by atoms with E-state index in [1.54, 1.807) is 0 Å². The molecule has 0 unspecified atom stereocenters. The molecule has 1 aromatic rings. The number of nitrogens with zero attached hydrogens (tertiary/aromatic N) is 1. The van der Waals surface area contributed by atoms with Crippen molar-refractivity contribution in [2.75, 3.05) is 18.1 Å². The van der Waals surface area contributed by atoms with Crippen LogP contribution in [0.15, 0.2) is 35.5 Å². The third kappa shape index (κ3) is 2.51. The molecule has 1 aliphatic rings. The van der Waals surface area contributed by atoms with Crippen LogP contribution in [0.25, 0.3) is 0 Å². The van der Waals surface area contributed by atoms with Crippen LogP contribution >= 0.6 is 11.6 Å². The summed E-state index contributed by atoms with van der Waals surface area (Å²) in [6.07, 6.45) is 0.729. The van der Waals surface area contributed by atoms with E-state index in [1.165, 1.54) is 0 Å². The maximum atomic E-state index is 11.8. The van der Waals surface area contributed by atoms with E-state index >= 15 is 0 Å². The fourth-order valence-electron chi connectivity index (χ4n) is 2.15. The van der Waals surface area contributed by atoms with Crippen molar-refractivity contribution in [3.63, 3.8) is 0 Å². The summed E-state index contributed by atoms with van der Waals surface area (Å²) in [5.41, 5.74) is 2.79. The second-order valence-corrected chi connectivity index (χ2v) is 4.60. The molecule has 18 heavy (non-hydrogen) atoms. The van der Waals surface area contributed by atoms with Gasteiger partial charge in [0.1, 0.15) is 0 Å². The standard InChI is InChI=1S/C14H16ClNO2/c1-3-18-14(17)13-8-9-16(10(13)2)12-6-4-11(15)5-7-12/h4-7H,3,8-9H2,1-2H3. The zero-order valence-electron chi connectivity index (χ0n) is 10.6. The molecule has 0 fully saturated rings. The van der Waals surface area contributed by atoms with Gasteiger partial charge in [-0.2, -0.15) is 0 Å². The smallest absolute Gasteiger partial charge is 0.335 e. The summed E-state index contributed by atoms with van der Waals surface area (Å²) < 4.78 is 5.05. The van der Waals surface area contributed by atoms with Gasteiger partial charge in [-0.3, -0.25) is 0 Å². The number of allylic oxidation sites excluding steroid dienone is 1. The molecule has 0 spiro atoms. The number of rotatable bonds is 3. The van der Waals surface area contributed by atoms with E-state index in [0.717, 1.165) is 29.9 Å². The average Bonchev–Trinajstić information content (AvgIpc) is 2.73. The Morgan fingerprint density at radius 3 is 2.67 bits per heavy atom. The normalized spacial score (nSPS) is 15.2. The molecule has 1 heterocycles. The molecule has 0 amide bonds. The Morgan fingerprint density at radius 1 is 1.39 bits per heavy atom. The lowest BCUT2D eigenvalue weighted by molar-refractivity contribution is -0.138. The molecule has 1 aliphatic heterocycles. The van der Waals surface area contributed by atoms with Gasteiger partial charge in [-0.25, -0.2) is 4.79 Å². The van der Waals surface area contributed by atoms with Crippen molar-refractivity contribution < 1.29 is 9.53 Å². The monoisotopic (exact) mass is 265 g/mol. The van der Waals surface area contributed by atoms with Crippen LogP contribution in [0.3, 0.4) is 0 Å². The van der Waals surface area contributed by atoms with Gasteiger partial charge in [0.25, 0.3) is 0 Å². The van der Waals surface area contributed by atoms with Crippen LogP contribution in [0.2, 0.25) is 5.02 Å². The van der Waals surface area contributed by atoms with E-state index in [2.05, 4.69) is 4.90 Å². The lowest BCUT2D eigenvalue weighted by Gasteiger charge is -2.20. The number of halogens is 1. The minimum absolute atomic E-state index is 0.202. The second-order valence-electron chi connectivity index (χ2n) is 4.16. The Balaban J connectivity index is 2.22. The van der Waals surface area contributed by atoms with Crippen molar-refractivity contribution >= 4 is 23.3 Å². The van der Waals surface area contributed by atoms with Gasteiger partial charge in [0.15, 0.2) is 0 Å². The summed E-state index contributed by atoms with van der Waals surface area (Å²) in [5.74, 6) is -0.202. The summed E-state index contributed by atoms with van der Waals surface area (Å²) in [6.45, 7) is 4.99. The third-order valence-electron chi connectivity index (χ3n) is 3.09. The average molecular weight is 266 g/mol. The highest BCUT2D eigenvalue weighted by atomic mass is 35.5. The molecule has 2 rings (SSSR count). The molecule has 1 aromatic carbocycles. The van der Waals surface area contributed by atoms with Crippen LogP contribution in [-0.4, -0.2) is 19.1 Å². The first kappa shape index (κ1) is 13.0. The summed E-state index contributed by atoms with van der Waals surface area (Å²) in [6, 6.07) is 7.62. The Hall–Kier alpha value is -1.48. The van der Waals surface area contributed by atoms with E-state index in [1.807, 2.05) is 38.1 Å². The molecule has 0 N–H and O–H groups in total. The van der Waals surface area contributed by atoms with E-state index < -0.39 is 0 Å². The highest BCUT2D eigenvalue weighted by Crippen LogP contribution is 2.30. The molecular formula is C14H16ClNO2. The number of hydrogen-bond donors (Lipinski definition) is 0. The topological polar surface area (TPSA) is 29.5 Å². The van der Waals surface area contributed by atoms with Crippen molar-refractivity contribution in [3.05, 3.63) is 40.6 Å². The van der Waals surface area contributed by atoms with E-state index in [-0.39, 0.29) is 5.97 Å². The molecule has 96 valence electrons. The molecule has 0 bridgehead atoms. The number of anilines is 1. The van der Waals surface area contributed by atoms with E-state index in [9.17, 15) is 4.79 Å². The van der Waals surface area contributed by atoms with Gasteiger partial charge in [-0.05, 0) is 44.5 Å². The largest absolute Gasteiger partial charge is 0.463 e. The van der Waals surface area contributed by atoms with Crippen molar-refractivity contribution in [3.8, 4) is 0 Å². The van der Waals surface area contributed by atoms with Crippen LogP contribution < -0.4 is 4.90 Å². The quantitative estimate of drug-likeness (QED) is 0.785. The fraction of sp³-hybridized carbons (Fsp3) is 0.357. The summed E-state index contributed by atoms with van der Waals surface area (Å²) in [7, 11) is 0. The number of ether oxygens (including phenoxy) is 1. The molecule has 0 saturated heterocycles. The molecule has 4 heteroatoms. The minimum Gasteiger partial charge on any atom is -0.463 e. The maximum Gasteiger partial charge on any atom is 0.335 e. The Morgan fingerprint density at radius 2 is 2.06 bits per heavy atom. The van der Waals surface area contributed by atoms with Crippen LogP contribution in [0.5, 0.6) is 0 Å². The van der Waals surface area contributed by atoms with Gasteiger partial charge in [-0.15, -0.1) is 0 Å². The third-order valence-corrected chi connectivity index (χ3v) is 3.34. The predicted molar refractivity (Wildman–Crippen MR) is 72.7 cm³/mol. The highest BCUT2D eigenvalue weighted by molar-refractivity contribution is 6.30. The first-order valence-electron chi connectivity index (χ1n) is 6.03. The number of benzene rings is 1. The Bertz CT molecular complexity index is 479.